The number of furan rings is 1. The predicted octanol–water partition coefficient (Wildman–Crippen LogP) is 3.71. The van der Waals surface area contributed by atoms with Crippen LogP contribution < -0.4 is 5.32 Å². The third-order valence-electron chi connectivity index (χ3n) is 3.68. The molecule has 0 aliphatic carbocycles. The lowest BCUT2D eigenvalue weighted by Gasteiger charge is -2.18. The van der Waals surface area contributed by atoms with E-state index in [9.17, 15) is 0 Å². The molecule has 0 amide bonds. The number of rotatable bonds is 4. The lowest BCUT2D eigenvalue weighted by Crippen LogP contribution is -2.20. The summed E-state index contributed by atoms with van der Waals surface area (Å²) in [6, 6.07) is 8.84. The lowest BCUT2D eigenvalue weighted by molar-refractivity contribution is 0.511. The van der Waals surface area contributed by atoms with Crippen LogP contribution in [0.5, 0.6) is 0 Å². The smallest absolute Gasteiger partial charge is 0.105 e. The summed E-state index contributed by atoms with van der Waals surface area (Å²) in [4.78, 5) is 0. The van der Waals surface area contributed by atoms with Crippen LogP contribution in [0, 0.1) is 20.8 Å². The van der Waals surface area contributed by atoms with Crippen molar-refractivity contribution in [3.63, 3.8) is 0 Å². The fourth-order valence-corrected chi connectivity index (χ4v) is 2.50. The Kier molecular flexibility index (Phi) is 3.87. The zero-order valence-corrected chi connectivity index (χ0v) is 11.6. The standard InChI is InChI=1S/C16H21NO/c1-11-6-5-7-12(2)15(11)10-16(17-4)14-8-9-18-13(14)3/h5-9,16-17H,10H2,1-4H3. The normalized spacial score (nSPS) is 12.7. The number of hydrogen-bond acceptors (Lipinski definition) is 2. The topological polar surface area (TPSA) is 25.2 Å². The first-order valence-electron chi connectivity index (χ1n) is 6.40. The van der Waals surface area contributed by atoms with Gasteiger partial charge in [0, 0.05) is 11.6 Å². The Bertz CT molecular complexity index is 507. The summed E-state index contributed by atoms with van der Waals surface area (Å²) in [5.41, 5.74) is 5.39. The van der Waals surface area contributed by atoms with Crippen molar-refractivity contribution >= 4 is 0 Å². The molecule has 1 aromatic heterocycles. The van der Waals surface area contributed by atoms with E-state index in [1.165, 1.54) is 22.3 Å². The summed E-state index contributed by atoms with van der Waals surface area (Å²) >= 11 is 0. The third-order valence-corrected chi connectivity index (χ3v) is 3.68. The second kappa shape index (κ2) is 5.40. The van der Waals surface area contributed by atoms with Crippen LogP contribution in [0.25, 0.3) is 0 Å². The molecule has 0 aliphatic rings. The summed E-state index contributed by atoms with van der Waals surface area (Å²) < 4.78 is 5.41. The highest BCUT2D eigenvalue weighted by Gasteiger charge is 2.16. The molecule has 0 saturated heterocycles. The highest BCUT2D eigenvalue weighted by atomic mass is 16.3. The van der Waals surface area contributed by atoms with Crippen molar-refractivity contribution in [2.24, 2.45) is 0 Å². The first-order chi connectivity index (χ1) is 8.63. The Hall–Kier alpha value is -1.54. The molecule has 0 radical (unpaired) electrons. The van der Waals surface area contributed by atoms with Crippen molar-refractivity contribution in [1.82, 2.24) is 5.32 Å². The molecule has 2 aromatic rings. The predicted molar refractivity (Wildman–Crippen MR) is 74.9 cm³/mol. The van der Waals surface area contributed by atoms with E-state index in [-0.39, 0.29) is 0 Å². The van der Waals surface area contributed by atoms with Crippen molar-refractivity contribution in [1.29, 1.82) is 0 Å². The van der Waals surface area contributed by atoms with E-state index in [0.29, 0.717) is 6.04 Å². The van der Waals surface area contributed by atoms with Gasteiger partial charge >= 0.3 is 0 Å². The monoisotopic (exact) mass is 243 g/mol. The van der Waals surface area contributed by atoms with Gasteiger partial charge in [0.25, 0.3) is 0 Å². The van der Waals surface area contributed by atoms with E-state index in [1.54, 1.807) is 6.26 Å². The number of likely N-dealkylation sites (N-methyl/N-ethyl adjacent to an activating group) is 1. The molecule has 0 saturated carbocycles. The molecular weight excluding hydrogens is 222 g/mol. The minimum atomic E-state index is 0.309. The Morgan fingerprint density at radius 3 is 2.28 bits per heavy atom. The quantitative estimate of drug-likeness (QED) is 0.885. The summed E-state index contributed by atoms with van der Waals surface area (Å²) in [5.74, 6) is 1.00. The highest BCUT2D eigenvalue weighted by molar-refractivity contribution is 5.35. The van der Waals surface area contributed by atoms with E-state index in [0.717, 1.165) is 12.2 Å². The van der Waals surface area contributed by atoms with Gasteiger partial charge in [0.15, 0.2) is 0 Å². The molecule has 1 heterocycles. The van der Waals surface area contributed by atoms with E-state index >= 15 is 0 Å². The molecule has 1 unspecified atom stereocenters. The largest absolute Gasteiger partial charge is 0.469 e. The Labute approximate surface area is 109 Å². The van der Waals surface area contributed by atoms with E-state index in [2.05, 4.69) is 43.4 Å². The summed E-state index contributed by atoms with van der Waals surface area (Å²) in [6.45, 7) is 6.37. The van der Waals surface area contributed by atoms with Gasteiger partial charge in [-0.3, -0.25) is 0 Å². The van der Waals surface area contributed by atoms with Gasteiger partial charge in [-0.05, 0) is 57.0 Å². The van der Waals surface area contributed by atoms with Gasteiger partial charge < -0.3 is 9.73 Å². The maximum Gasteiger partial charge on any atom is 0.105 e. The summed E-state index contributed by atoms with van der Waals surface area (Å²) in [6.07, 6.45) is 2.76. The van der Waals surface area contributed by atoms with Gasteiger partial charge in [0.1, 0.15) is 5.76 Å². The molecule has 2 rings (SSSR count). The number of nitrogens with one attached hydrogen (secondary N) is 1. The number of hydrogen-bond donors (Lipinski definition) is 1. The number of benzene rings is 1. The van der Waals surface area contributed by atoms with Crippen LogP contribution >= 0.6 is 0 Å². The van der Waals surface area contributed by atoms with Crippen LogP contribution in [0.15, 0.2) is 34.9 Å². The Morgan fingerprint density at radius 2 is 1.78 bits per heavy atom. The van der Waals surface area contributed by atoms with Crippen molar-refractivity contribution in [2.45, 2.75) is 33.2 Å². The minimum Gasteiger partial charge on any atom is -0.469 e. The zero-order chi connectivity index (χ0) is 13.1. The lowest BCUT2D eigenvalue weighted by atomic mass is 9.93. The minimum absolute atomic E-state index is 0.309. The van der Waals surface area contributed by atoms with Gasteiger partial charge in [-0.1, -0.05) is 18.2 Å². The molecule has 1 aromatic carbocycles. The average Bonchev–Trinajstić information content (AvgIpc) is 2.76. The first-order valence-corrected chi connectivity index (χ1v) is 6.40. The fourth-order valence-electron chi connectivity index (χ4n) is 2.50. The molecule has 0 bridgehead atoms. The van der Waals surface area contributed by atoms with Gasteiger partial charge in [-0.2, -0.15) is 0 Å². The molecule has 0 spiro atoms. The van der Waals surface area contributed by atoms with Crippen LogP contribution in [-0.2, 0) is 6.42 Å². The number of aryl methyl sites for hydroxylation is 3. The molecule has 96 valence electrons. The van der Waals surface area contributed by atoms with E-state index in [4.69, 9.17) is 4.42 Å². The average molecular weight is 243 g/mol. The van der Waals surface area contributed by atoms with Crippen LogP contribution in [0.4, 0.5) is 0 Å². The highest BCUT2D eigenvalue weighted by Crippen LogP contribution is 2.25. The van der Waals surface area contributed by atoms with Crippen LogP contribution in [0.3, 0.4) is 0 Å². The second-order valence-electron chi connectivity index (χ2n) is 4.85. The molecule has 0 aliphatic heterocycles. The molecule has 2 heteroatoms. The first kappa shape index (κ1) is 12.9. The van der Waals surface area contributed by atoms with Gasteiger partial charge in [0.05, 0.1) is 6.26 Å². The van der Waals surface area contributed by atoms with E-state index < -0.39 is 0 Å². The van der Waals surface area contributed by atoms with Crippen molar-refractivity contribution in [3.05, 3.63) is 58.5 Å². The molecule has 1 N–H and O–H groups in total. The maximum absolute atomic E-state index is 5.41. The Morgan fingerprint density at radius 1 is 1.11 bits per heavy atom. The summed E-state index contributed by atoms with van der Waals surface area (Å²) in [5, 5.41) is 3.39. The SMILES string of the molecule is CNC(Cc1c(C)cccc1C)c1ccoc1C. The Balaban J connectivity index is 2.29. The second-order valence-corrected chi connectivity index (χ2v) is 4.85. The van der Waals surface area contributed by atoms with Crippen molar-refractivity contribution in [3.8, 4) is 0 Å². The summed E-state index contributed by atoms with van der Waals surface area (Å²) in [7, 11) is 2.00. The van der Waals surface area contributed by atoms with Crippen LogP contribution in [-0.4, -0.2) is 7.05 Å². The molecule has 0 fully saturated rings. The molecule has 1 atom stereocenters. The van der Waals surface area contributed by atoms with Gasteiger partial charge in [-0.15, -0.1) is 0 Å². The van der Waals surface area contributed by atoms with E-state index in [1.807, 2.05) is 14.0 Å². The van der Waals surface area contributed by atoms with Crippen molar-refractivity contribution in [2.75, 3.05) is 7.05 Å². The van der Waals surface area contributed by atoms with Crippen LogP contribution in [0.1, 0.15) is 34.1 Å². The van der Waals surface area contributed by atoms with Gasteiger partial charge in [-0.25, -0.2) is 0 Å². The van der Waals surface area contributed by atoms with Crippen LogP contribution in [0.2, 0.25) is 0 Å². The zero-order valence-electron chi connectivity index (χ0n) is 11.6. The molecular formula is C16H21NO. The molecule has 2 nitrogen and oxygen atoms in total. The maximum atomic E-state index is 5.41. The fraction of sp³-hybridized carbons (Fsp3) is 0.375. The van der Waals surface area contributed by atoms with Crippen molar-refractivity contribution < 1.29 is 4.42 Å². The molecule has 18 heavy (non-hydrogen) atoms. The third kappa shape index (κ3) is 2.49. The van der Waals surface area contributed by atoms with Gasteiger partial charge in [0.2, 0.25) is 0 Å².